The van der Waals surface area contributed by atoms with Gasteiger partial charge in [0, 0.05) is 0 Å². The van der Waals surface area contributed by atoms with Crippen molar-refractivity contribution in [3.8, 4) is 34.0 Å². The lowest BCUT2D eigenvalue weighted by atomic mass is 9.91. The van der Waals surface area contributed by atoms with Gasteiger partial charge in [0.25, 0.3) is 11.1 Å². The summed E-state index contributed by atoms with van der Waals surface area (Å²) in [6.45, 7) is 27.1. The zero-order valence-corrected chi connectivity index (χ0v) is 36.8. The highest BCUT2D eigenvalue weighted by Crippen LogP contribution is 2.38. The second-order valence-electron chi connectivity index (χ2n) is 17.3. The van der Waals surface area contributed by atoms with E-state index < -0.39 is 10.8 Å². The van der Waals surface area contributed by atoms with E-state index in [0.717, 1.165) is 59.1 Å². The van der Waals surface area contributed by atoms with E-state index in [-0.39, 0.29) is 23.1 Å². The summed E-state index contributed by atoms with van der Waals surface area (Å²) in [7, 11) is 0. The molecule has 2 aliphatic rings. The van der Waals surface area contributed by atoms with Gasteiger partial charge in [0.2, 0.25) is 11.8 Å². The maximum atomic E-state index is 13.5. The van der Waals surface area contributed by atoms with E-state index in [2.05, 4.69) is 65.8 Å². The topological polar surface area (TPSA) is 125 Å². The summed E-state index contributed by atoms with van der Waals surface area (Å²) in [5.41, 5.74) is 7.97. The highest BCUT2D eigenvalue weighted by atomic mass is 16.6. The van der Waals surface area contributed by atoms with Crippen molar-refractivity contribution in [1.29, 1.82) is 0 Å². The number of hydrogen-bond acceptors (Lipinski definition) is 8. The summed E-state index contributed by atoms with van der Waals surface area (Å²) in [5.74, 6) is -0.0246. The summed E-state index contributed by atoms with van der Waals surface area (Å²) in [4.78, 5) is 52.6. The quantitative estimate of drug-likeness (QED) is 0.168. The van der Waals surface area contributed by atoms with E-state index >= 15 is 0 Å². The predicted octanol–water partition coefficient (Wildman–Crippen LogP) is 7.46. The van der Waals surface area contributed by atoms with Crippen molar-refractivity contribution >= 4 is 11.9 Å². The Bertz CT molecular complexity index is 2060. The van der Waals surface area contributed by atoms with Gasteiger partial charge < -0.3 is 18.9 Å². The molecule has 0 fully saturated rings. The van der Waals surface area contributed by atoms with Crippen molar-refractivity contribution in [3.63, 3.8) is 0 Å². The van der Waals surface area contributed by atoms with Crippen LogP contribution in [0.4, 0.5) is 0 Å². The molecular weight excluding hydrogens is 737 g/mol. The molecule has 12 heteroatoms. The molecule has 0 radical (unpaired) electrons. The summed E-state index contributed by atoms with van der Waals surface area (Å²) < 4.78 is 29.8. The Balaban J connectivity index is 0.000000221. The zero-order valence-electron chi connectivity index (χ0n) is 36.8. The number of benzene rings is 2. The molecule has 0 saturated carbocycles. The van der Waals surface area contributed by atoms with E-state index in [1.807, 2.05) is 41.5 Å². The van der Waals surface area contributed by atoms with Crippen LogP contribution in [-0.4, -0.2) is 57.1 Å². The number of nitrogens with zero attached hydrogens (tertiary/aromatic N) is 4. The molecule has 0 amide bonds. The molecule has 0 unspecified atom stereocenters. The third kappa shape index (κ3) is 9.13. The lowest BCUT2D eigenvalue weighted by molar-refractivity contribution is -0.144. The van der Waals surface area contributed by atoms with Gasteiger partial charge in [-0.2, -0.15) is 0 Å². The SMILES string of the molecule is CCc1cc(C)cc(CC)c1-c1c(OC(=O)C(C)(C)C)n2n(c1=O)CCOCC2.CCc1cc(C)cc(CC)c1-c1c(OC(=O)C(C)(C)C)n2n(c1=O)CCOCC2. The predicted molar refractivity (Wildman–Crippen MR) is 227 cm³/mol. The van der Waals surface area contributed by atoms with Gasteiger partial charge in [-0.25, -0.2) is 18.7 Å². The number of hydrogen-bond donors (Lipinski definition) is 0. The Labute approximate surface area is 343 Å². The van der Waals surface area contributed by atoms with Crippen LogP contribution in [0, 0.1) is 24.7 Å². The summed E-state index contributed by atoms with van der Waals surface area (Å²) >= 11 is 0. The fourth-order valence-corrected chi connectivity index (χ4v) is 7.59. The average Bonchev–Trinajstić information content (AvgIpc) is 3.38. The molecule has 0 aliphatic carbocycles. The van der Waals surface area contributed by atoms with E-state index in [1.54, 1.807) is 18.7 Å². The molecule has 4 heterocycles. The Morgan fingerprint density at radius 3 is 1.05 bits per heavy atom. The summed E-state index contributed by atoms with van der Waals surface area (Å²) in [5, 5.41) is 0. The van der Waals surface area contributed by atoms with Gasteiger partial charge in [0.1, 0.15) is 11.1 Å². The number of esters is 2. The molecule has 4 aromatic rings. The van der Waals surface area contributed by atoms with Crippen LogP contribution in [0.25, 0.3) is 22.3 Å². The molecule has 0 saturated heterocycles. The Hall–Kier alpha value is -4.68. The molecule has 316 valence electrons. The summed E-state index contributed by atoms with van der Waals surface area (Å²) in [6.07, 6.45) is 3.18. The van der Waals surface area contributed by atoms with Crippen LogP contribution in [0.3, 0.4) is 0 Å². The first-order valence-corrected chi connectivity index (χ1v) is 20.9. The van der Waals surface area contributed by atoms with Gasteiger partial charge in [-0.3, -0.25) is 19.2 Å². The van der Waals surface area contributed by atoms with Crippen molar-refractivity contribution in [1.82, 2.24) is 18.7 Å². The van der Waals surface area contributed by atoms with Crippen LogP contribution in [0.5, 0.6) is 11.8 Å². The normalized spacial score (nSPS) is 14.4. The van der Waals surface area contributed by atoms with Crippen molar-refractivity contribution in [2.24, 2.45) is 10.8 Å². The Kier molecular flexibility index (Phi) is 13.8. The van der Waals surface area contributed by atoms with Gasteiger partial charge in [-0.15, -0.1) is 0 Å². The maximum absolute atomic E-state index is 13.5. The van der Waals surface area contributed by atoms with Gasteiger partial charge in [0.05, 0.1) is 63.4 Å². The van der Waals surface area contributed by atoms with E-state index in [0.29, 0.717) is 75.5 Å². The smallest absolute Gasteiger partial charge is 0.317 e. The molecule has 0 spiro atoms. The molecule has 0 atom stereocenters. The molecule has 12 nitrogen and oxygen atoms in total. The first-order valence-electron chi connectivity index (χ1n) is 20.9. The maximum Gasteiger partial charge on any atom is 0.317 e. The number of aromatic nitrogens is 4. The minimum atomic E-state index is -0.675. The number of carbonyl (C=O) groups excluding carboxylic acids is 2. The number of aryl methyl sites for hydroxylation is 6. The van der Waals surface area contributed by atoms with Crippen LogP contribution in [-0.2, 0) is 70.9 Å². The first kappa shape index (κ1) is 44.4. The van der Waals surface area contributed by atoms with Crippen LogP contribution in [0.1, 0.15) is 103 Å². The second-order valence-corrected chi connectivity index (χ2v) is 17.3. The second kappa shape index (κ2) is 18.1. The molecular formula is C46H64N4O8. The highest BCUT2D eigenvalue weighted by molar-refractivity contribution is 5.83. The average molecular weight is 801 g/mol. The number of fused-ring (bicyclic) bond motifs is 2. The van der Waals surface area contributed by atoms with E-state index in [9.17, 15) is 19.2 Å². The van der Waals surface area contributed by atoms with E-state index in [1.165, 1.54) is 11.1 Å². The molecule has 0 N–H and O–H groups in total. The van der Waals surface area contributed by atoms with Crippen molar-refractivity contribution in [2.45, 2.75) is 135 Å². The van der Waals surface area contributed by atoms with Gasteiger partial charge in [0.15, 0.2) is 0 Å². The van der Waals surface area contributed by atoms with Crippen LogP contribution in [0.15, 0.2) is 33.9 Å². The Morgan fingerprint density at radius 1 is 0.517 bits per heavy atom. The fourth-order valence-electron chi connectivity index (χ4n) is 7.59. The van der Waals surface area contributed by atoms with Gasteiger partial charge in [-0.1, -0.05) is 63.1 Å². The number of ether oxygens (including phenoxy) is 4. The van der Waals surface area contributed by atoms with Crippen molar-refractivity contribution in [3.05, 3.63) is 78.4 Å². The zero-order chi connectivity index (χ0) is 42.7. The van der Waals surface area contributed by atoms with Gasteiger partial charge >= 0.3 is 11.9 Å². The lowest BCUT2D eigenvalue weighted by Crippen LogP contribution is -2.27. The first-order chi connectivity index (χ1) is 27.4. The lowest BCUT2D eigenvalue weighted by Gasteiger charge is -2.19. The molecule has 58 heavy (non-hydrogen) atoms. The number of rotatable bonds is 8. The van der Waals surface area contributed by atoms with Crippen LogP contribution in [0.2, 0.25) is 0 Å². The fraction of sp³-hybridized carbons (Fsp3) is 0.565. The molecule has 0 bridgehead atoms. The largest absolute Gasteiger partial charge is 0.407 e. The van der Waals surface area contributed by atoms with E-state index in [4.69, 9.17) is 18.9 Å². The third-order valence-corrected chi connectivity index (χ3v) is 10.7. The molecule has 2 aromatic heterocycles. The molecule has 6 rings (SSSR count). The van der Waals surface area contributed by atoms with Crippen molar-refractivity contribution in [2.75, 3.05) is 26.4 Å². The standard InChI is InChI=1S/2C23H32N2O4/c2*1-7-16-13-15(3)14-17(8-2)18(16)19-20(26)24-9-11-28-12-10-25(24)21(19)29-22(27)23(4,5)6/h2*13-14H,7-12H2,1-6H3. The number of carbonyl (C=O) groups is 2. The monoisotopic (exact) mass is 800 g/mol. The van der Waals surface area contributed by atoms with Gasteiger partial charge in [-0.05, 0) is 114 Å². The highest BCUT2D eigenvalue weighted by Gasteiger charge is 2.34. The minimum Gasteiger partial charge on any atom is -0.407 e. The Morgan fingerprint density at radius 2 is 0.793 bits per heavy atom. The van der Waals surface area contributed by atoms with Crippen molar-refractivity contribution < 1.29 is 28.5 Å². The molecule has 2 aromatic carbocycles. The minimum absolute atomic E-state index is 0.125. The third-order valence-electron chi connectivity index (χ3n) is 10.7. The van der Waals surface area contributed by atoms with Crippen LogP contribution < -0.4 is 20.6 Å². The summed E-state index contributed by atoms with van der Waals surface area (Å²) in [6, 6.07) is 8.50. The van der Waals surface area contributed by atoms with Crippen LogP contribution >= 0.6 is 0 Å². The molecule has 2 aliphatic heterocycles.